The number of hydrogen-bond acceptors (Lipinski definition) is 8. The number of nitrogens with zero attached hydrogens (tertiary/aromatic N) is 1. The Labute approximate surface area is 191 Å². The van der Waals surface area contributed by atoms with Crippen LogP contribution >= 0.6 is 0 Å². The fourth-order valence-corrected chi connectivity index (χ4v) is 4.55. The van der Waals surface area contributed by atoms with Crippen molar-refractivity contribution < 1.29 is 39.9 Å². The molecule has 184 valence electrons. The summed E-state index contributed by atoms with van der Waals surface area (Å²) < 4.78 is 0. The second kappa shape index (κ2) is 9.14. The molecule has 8 N–H and O–H groups in total. The monoisotopic (exact) mass is 468 g/mol. The molecule has 12 nitrogen and oxygen atoms in total. The second-order valence-electron chi connectivity index (χ2n) is 8.71. The highest BCUT2D eigenvalue weighted by atomic mass is 16.4. The number of anilines is 1. The van der Waals surface area contributed by atoms with Crippen LogP contribution in [0.4, 0.5) is 15.3 Å². The van der Waals surface area contributed by atoms with Gasteiger partial charge in [0.15, 0.2) is 5.78 Å². The zero-order valence-corrected chi connectivity index (χ0v) is 19.2. The van der Waals surface area contributed by atoms with Crippen LogP contribution in [0, 0.1) is 0 Å². The van der Waals surface area contributed by atoms with E-state index in [0.29, 0.717) is 5.56 Å². The minimum absolute atomic E-state index is 0.244. The van der Waals surface area contributed by atoms with E-state index < -0.39 is 53.7 Å². The Morgan fingerprint density at radius 2 is 1.79 bits per heavy atom. The Morgan fingerprint density at radius 1 is 1.18 bits per heavy atom. The lowest BCUT2D eigenvalue weighted by molar-refractivity contribution is -0.188. The van der Waals surface area contributed by atoms with Crippen molar-refractivity contribution in [2.24, 2.45) is 0 Å². The van der Waals surface area contributed by atoms with Crippen molar-refractivity contribution in [1.29, 1.82) is 0 Å². The number of carbonyl (C=O) groups excluding carboxylic acids is 2. The lowest BCUT2D eigenvalue weighted by atomic mass is 9.73. The fourth-order valence-electron chi connectivity index (χ4n) is 4.55. The third kappa shape index (κ3) is 4.22. The molecule has 6 atom stereocenters. The Balaban J connectivity index is 2.79. The first-order chi connectivity index (χ1) is 15.2. The first-order valence-electron chi connectivity index (χ1n) is 10.3. The minimum Gasteiger partial charge on any atom is -0.465 e. The number of aliphatic hydroxyl groups excluding tert-OH is 2. The van der Waals surface area contributed by atoms with Gasteiger partial charge in [-0.15, -0.1) is 0 Å². The molecule has 0 aromatic heterocycles. The van der Waals surface area contributed by atoms with Crippen LogP contribution in [-0.2, 0) is 0 Å². The van der Waals surface area contributed by atoms with Gasteiger partial charge in [-0.25, -0.2) is 9.59 Å². The van der Waals surface area contributed by atoms with E-state index >= 15 is 0 Å². The highest BCUT2D eigenvalue weighted by Crippen LogP contribution is 2.49. The van der Waals surface area contributed by atoms with E-state index in [4.69, 9.17) is 0 Å². The number of benzene rings is 1. The molecule has 0 bridgehead atoms. The fraction of sp³-hybridized carbons (Fsp3) is 0.571. The highest BCUT2D eigenvalue weighted by Gasteiger charge is 2.76. The van der Waals surface area contributed by atoms with Crippen LogP contribution in [0.25, 0.3) is 0 Å². The minimum atomic E-state index is -2.54. The van der Waals surface area contributed by atoms with Crippen LogP contribution < -0.4 is 16.0 Å². The van der Waals surface area contributed by atoms with Crippen LogP contribution in [0.3, 0.4) is 0 Å². The number of ketones is 1. The van der Waals surface area contributed by atoms with E-state index in [0.717, 1.165) is 11.8 Å². The zero-order chi connectivity index (χ0) is 25.4. The number of amides is 3. The van der Waals surface area contributed by atoms with Gasteiger partial charge in [-0.3, -0.25) is 4.79 Å². The molecule has 1 aliphatic rings. The summed E-state index contributed by atoms with van der Waals surface area (Å²) in [6.07, 6.45) is -3.14. The van der Waals surface area contributed by atoms with Gasteiger partial charge in [0.1, 0.15) is 16.7 Å². The SMILES string of the molecule is CC(=O)c1cccc(NC2C(NC(=O)O)C(O)(CO)C(C)(O)C2(NC(=O)N(C)C)[C@H](C)O)c1. The number of Topliss-reactive ketones (excluding diaryl/α,β-unsaturated/α-hetero) is 1. The van der Waals surface area contributed by atoms with Crippen LogP contribution in [0.15, 0.2) is 24.3 Å². The molecule has 0 saturated heterocycles. The van der Waals surface area contributed by atoms with Crippen LogP contribution in [0.1, 0.15) is 31.1 Å². The predicted molar refractivity (Wildman–Crippen MR) is 118 cm³/mol. The van der Waals surface area contributed by atoms with Gasteiger partial charge in [-0.1, -0.05) is 12.1 Å². The van der Waals surface area contributed by atoms with Crippen molar-refractivity contribution in [3.8, 4) is 0 Å². The summed E-state index contributed by atoms with van der Waals surface area (Å²) in [5.41, 5.74) is -6.52. The maximum Gasteiger partial charge on any atom is 0.405 e. The molecule has 1 aromatic carbocycles. The maximum absolute atomic E-state index is 12.7. The molecule has 1 aliphatic carbocycles. The second-order valence-corrected chi connectivity index (χ2v) is 8.71. The summed E-state index contributed by atoms with van der Waals surface area (Å²) in [5, 5.41) is 60.9. The van der Waals surface area contributed by atoms with E-state index in [1.165, 1.54) is 34.0 Å². The standard InChI is InChI=1S/C21H32N4O8/c1-11(27)13-7-6-8-14(9-13)22-16-15(23-18(30)31)20(33,10-26)19(3,32)21(16,12(2)28)24-17(29)25(4)5/h6-9,12,15-16,22-23,26,28,32-33H,10H2,1-5H3,(H,24,29)(H,30,31)/t12-,15?,16?,19?,20?,21?/m0/s1. The molecule has 12 heteroatoms. The van der Waals surface area contributed by atoms with E-state index in [-0.39, 0.29) is 11.5 Å². The Morgan fingerprint density at radius 3 is 2.24 bits per heavy atom. The van der Waals surface area contributed by atoms with Crippen molar-refractivity contribution in [1.82, 2.24) is 15.5 Å². The van der Waals surface area contributed by atoms with Gasteiger partial charge < -0.3 is 46.4 Å². The third-order valence-electron chi connectivity index (χ3n) is 6.48. The summed E-state index contributed by atoms with van der Waals surface area (Å²) in [5.74, 6) is -0.244. The quantitative estimate of drug-likeness (QED) is 0.236. The summed E-state index contributed by atoms with van der Waals surface area (Å²) in [7, 11) is 2.83. The average Bonchev–Trinajstić information content (AvgIpc) is 2.85. The summed E-state index contributed by atoms with van der Waals surface area (Å²) in [6.45, 7) is 2.60. The van der Waals surface area contributed by atoms with Gasteiger partial charge in [0.2, 0.25) is 0 Å². The van der Waals surface area contributed by atoms with Crippen LogP contribution in [-0.4, -0.2) is 104 Å². The topological polar surface area (TPSA) is 192 Å². The molecular weight excluding hydrogens is 436 g/mol. The largest absolute Gasteiger partial charge is 0.465 e. The molecule has 2 rings (SSSR count). The number of aliphatic hydroxyl groups is 4. The molecule has 5 unspecified atom stereocenters. The van der Waals surface area contributed by atoms with Crippen molar-refractivity contribution in [3.05, 3.63) is 29.8 Å². The normalized spacial score (nSPS) is 32.0. The smallest absolute Gasteiger partial charge is 0.405 e. The van der Waals surface area contributed by atoms with E-state index in [9.17, 15) is 39.9 Å². The first kappa shape index (κ1) is 26.3. The van der Waals surface area contributed by atoms with Gasteiger partial charge in [0.05, 0.1) is 24.8 Å². The Bertz CT molecular complexity index is 921. The molecule has 0 radical (unpaired) electrons. The van der Waals surface area contributed by atoms with E-state index in [1.54, 1.807) is 18.2 Å². The molecule has 0 spiro atoms. The number of carbonyl (C=O) groups is 3. The lowest BCUT2D eigenvalue weighted by Crippen LogP contribution is -2.76. The number of urea groups is 1. The number of nitrogens with one attached hydrogen (secondary N) is 3. The average molecular weight is 469 g/mol. The molecule has 0 aliphatic heterocycles. The van der Waals surface area contributed by atoms with Gasteiger partial charge >= 0.3 is 12.1 Å². The molecule has 1 fully saturated rings. The number of carboxylic acid groups (broad SMARTS) is 1. The maximum atomic E-state index is 12.7. The van der Waals surface area contributed by atoms with Crippen LogP contribution in [0.5, 0.6) is 0 Å². The molecule has 1 aromatic rings. The van der Waals surface area contributed by atoms with Crippen molar-refractivity contribution in [2.45, 2.75) is 55.7 Å². The molecule has 3 amide bonds. The molecular formula is C21H32N4O8. The van der Waals surface area contributed by atoms with Crippen LogP contribution in [0.2, 0.25) is 0 Å². The predicted octanol–water partition coefficient (Wildman–Crippen LogP) is -0.815. The number of rotatable bonds is 7. The van der Waals surface area contributed by atoms with Crippen molar-refractivity contribution >= 4 is 23.6 Å². The summed E-state index contributed by atoms with van der Waals surface area (Å²) >= 11 is 0. The Kier molecular flexibility index (Phi) is 7.29. The van der Waals surface area contributed by atoms with Gasteiger partial charge in [-0.2, -0.15) is 0 Å². The van der Waals surface area contributed by atoms with Crippen molar-refractivity contribution in [3.63, 3.8) is 0 Å². The van der Waals surface area contributed by atoms with Gasteiger partial charge in [-0.05, 0) is 32.9 Å². The lowest BCUT2D eigenvalue weighted by Gasteiger charge is -2.49. The Hall–Kier alpha value is -2.93. The van der Waals surface area contributed by atoms with E-state index in [1.807, 2.05) is 0 Å². The number of hydrogen-bond donors (Lipinski definition) is 8. The molecule has 33 heavy (non-hydrogen) atoms. The van der Waals surface area contributed by atoms with E-state index in [2.05, 4.69) is 16.0 Å². The summed E-state index contributed by atoms with van der Waals surface area (Å²) in [6, 6.07) is 2.37. The molecule has 0 heterocycles. The van der Waals surface area contributed by atoms with Gasteiger partial charge in [0.25, 0.3) is 0 Å². The summed E-state index contributed by atoms with van der Waals surface area (Å²) in [4.78, 5) is 37.3. The van der Waals surface area contributed by atoms with Gasteiger partial charge in [0, 0.05) is 25.3 Å². The van der Waals surface area contributed by atoms with Crippen molar-refractivity contribution in [2.75, 3.05) is 26.0 Å². The molecule has 1 saturated carbocycles. The highest BCUT2D eigenvalue weighted by molar-refractivity contribution is 5.95. The zero-order valence-electron chi connectivity index (χ0n) is 19.2. The third-order valence-corrected chi connectivity index (χ3v) is 6.48. The first-order valence-corrected chi connectivity index (χ1v) is 10.3.